The molecule has 4 N–H and O–H groups in total. The molecular weight excluding hydrogens is 343 g/mol. The highest BCUT2D eigenvalue weighted by molar-refractivity contribution is 5.00. The van der Waals surface area contributed by atoms with Crippen LogP contribution in [0.2, 0.25) is 0 Å². The molecule has 5 fully saturated rings. The van der Waals surface area contributed by atoms with Crippen LogP contribution in [0.1, 0.15) is 49.5 Å². The maximum atomic E-state index is 14.5. The van der Waals surface area contributed by atoms with Crippen LogP contribution in [-0.2, 0) is 0 Å². The second-order valence-electron chi connectivity index (χ2n) is 9.23. The first kappa shape index (κ1) is 15.5. The molecule has 154 valence electrons. The zero-order valence-corrected chi connectivity index (χ0v) is 16.2. The van der Waals surface area contributed by atoms with Crippen molar-refractivity contribution in [3.63, 3.8) is 0 Å². The summed E-state index contributed by atoms with van der Waals surface area (Å²) in [6.07, 6.45) is 5.04. The molecule has 2 bridgehead atoms. The summed E-state index contributed by atoms with van der Waals surface area (Å²) < 4.78 is 38.6. The molecule has 0 aromatic heterocycles. The molecule has 0 radical (unpaired) electrons. The summed E-state index contributed by atoms with van der Waals surface area (Å²) in [6.45, 7) is 1.98. The Morgan fingerprint density at radius 2 is 2.00 bits per heavy atom. The van der Waals surface area contributed by atoms with Gasteiger partial charge in [0, 0.05) is 54.3 Å². The van der Waals surface area contributed by atoms with Crippen molar-refractivity contribution < 1.29 is 8.50 Å². The highest BCUT2D eigenvalue weighted by atomic mass is 19.1. The fraction of sp³-hybridized carbons (Fsp3) is 1.00. The second kappa shape index (κ2) is 7.84. The van der Waals surface area contributed by atoms with Crippen LogP contribution in [0.4, 0.5) is 4.39 Å². The molecule has 5 aliphatic rings. The van der Waals surface area contributed by atoms with Crippen LogP contribution in [0.25, 0.3) is 0 Å². The lowest BCUT2D eigenvalue weighted by Gasteiger charge is -2.47. The average molecular weight is 384 g/mol. The van der Waals surface area contributed by atoms with Crippen LogP contribution in [-0.4, -0.2) is 79.3 Å². The van der Waals surface area contributed by atoms with Crippen LogP contribution in [0, 0.1) is 11.8 Å². The number of fused-ring (bicyclic) bond motifs is 5. The Morgan fingerprint density at radius 3 is 2.93 bits per heavy atom. The van der Waals surface area contributed by atoms with Gasteiger partial charge in [0.2, 0.25) is 0 Å². The first-order valence-corrected chi connectivity index (χ1v) is 11.0. The van der Waals surface area contributed by atoms with Gasteiger partial charge >= 0.3 is 0 Å². The van der Waals surface area contributed by atoms with Gasteiger partial charge in [-0.2, -0.15) is 0 Å². The summed E-state index contributed by atoms with van der Waals surface area (Å²) in [4.78, 5) is 2.62. The third-order valence-corrected chi connectivity index (χ3v) is 7.62. The van der Waals surface area contributed by atoms with Crippen LogP contribution in [0.3, 0.4) is 0 Å². The lowest BCUT2D eigenvalue weighted by atomic mass is 9.80. The number of hydrogen-bond acceptors (Lipinski definition) is 6. The van der Waals surface area contributed by atoms with Crippen molar-refractivity contribution in [3.05, 3.63) is 0 Å². The molecule has 0 spiro atoms. The molecule has 5 heterocycles. The van der Waals surface area contributed by atoms with Gasteiger partial charge in [0.15, 0.2) is 0 Å². The number of halogens is 1. The molecule has 0 aromatic carbocycles. The number of hydrazine groups is 1. The van der Waals surface area contributed by atoms with E-state index in [-0.39, 0.29) is 18.1 Å². The smallest absolute Gasteiger partial charge is 0.113 e. The van der Waals surface area contributed by atoms with Gasteiger partial charge in [-0.1, -0.05) is 0 Å². The first-order valence-electron chi connectivity index (χ1n) is 12.5. The van der Waals surface area contributed by atoms with Gasteiger partial charge in [0.05, 0.1) is 12.3 Å². The Kier molecular flexibility index (Phi) is 4.51. The molecule has 5 aliphatic heterocycles. The highest BCUT2D eigenvalue weighted by Gasteiger charge is 2.46. The van der Waals surface area contributed by atoms with Crippen molar-refractivity contribution in [1.29, 1.82) is 0 Å². The van der Waals surface area contributed by atoms with Gasteiger partial charge in [0.25, 0.3) is 0 Å². The summed E-state index contributed by atoms with van der Waals surface area (Å²) in [5.41, 5.74) is 3.50. The lowest BCUT2D eigenvalue weighted by Crippen LogP contribution is -2.64. The van der Waals surface area contributed by atoms with Crippen molar-refractivity contribution in [3.8, 4) is 0 Å². The predicted octanol–water partition coefficient (Wildman–Crippen LogP) is 0.621. The minimum atomic E-state index is -2.03. The van der Waals surface area contributed by atoms with Gasteiger partial charge in [-0.05, 0) is 57.8 Å². The van der Waals surface area contributed by atoms with Gasteiger partial charge in [0.1, 0.15) is 6.17 Å². The number of alkyl halides is 1. The SMILES string of the molecule is [2H]C([2H])([2H])C1CCC2NCC(F)CC2C2CCCN2C2CCN3NCC(CN1)C3N2. The maximum Gasteiger partial charge on any atom is 0.113 e. The molecule has 8 unspecified atom stereocenters. The van der Waals surface area contributed by atoms with Crippen LogP contribution in [0.15, 0.2) is 0 Å². The van der Waals surface area contributed by atoms with E-state index in [1.54, 1.807) is 0 Å². The monoisotopic (exact) mass is 383 g/mol. The topological polar surface area (TPSA) is 54.6 Å². The fourth-order valence-electron chi connectivity index (χ4n) is 6.25. The van der Waals surface area contributed by atoms with Crippen LogP contribution in [0.5, 0.6) is 0 Å². The molecule has 0 saturated carbocycles. The van der Waals surface area contributed by atoms with E-state index in [9.17, 15) is 4.39 Å². The van der Waals surface area contributed by atoms with E-state index < -0.39 is 19.1 Å². The fourth-order valence-corrected chi connectivity index (χ4v) is 6.25. The van der Waals surface area contributed by atoms with E-state index in [0.717, 1.165) is 38.9 Å². The van der Waals surface area contributed by atoms with E-state index in [1.807, 2.05) is 0 Å². The zero-order valence-electron chi connectivity index (χ0n) is 19.2. The van der Waals surface area contributed by atoms with Crippen LogP contribution >= 0.6 is 0 Å². The lowest BCUT2D eigenvalue weighted by molar-refractivity contribution is -0.00473. The third kappa shape index (κ3) is 3.67. The van der Waals surface area contributed by atoms with E-state index in [0.29, 0.717) is 44.1 Å². The molecule has 6 nitrogen and oxygen atoms in total. The summed E-state index contributed by atoms with van der Waals surface area (Å²) in [5, 5.41) is 13.0. The van der Waals surface area contributed by atoms with Crippen molar-refractivity contribution in [2.24, 2.45) is 11.8 Å². The van der Waals surface area contributed by atoms with Crippen molar-refractivity contribution in [1.82, 2.24) is 31.3 Å². The Hall–Kier alpha value is -0.310. The molecule has 5 saturated heterocycles. The predicted molar refractivity (Wildman–Crippen MR) is 105 cm³/mol. The Balaban J connectivity index is 1.43. The molecule has 0 aliphatic carbocycles. The van der Waals surface area contributed by atoms with Gasteiger partial charge in [-0.3, -0.25) is 15.6 Å². The maximum absolute atomic E-state index is 14.5. The minimum Gasteiger partial charge on any atom is -0.314 e. The quantitative estimate of drug-likeness (QED) is 0.492. The average Bonchev–Trinajstić information content (AvgIpc) is 3.33. The van der Waals surface area contributed by atoms with Crippen molar-refractivity contribution >= 4 is 0 Å². The number of piperidine rings is 1. The minimum absolute atomic E-state index is 0.191. The summed E-state index contributed by atoms with van der Waals surface area (Å²) in [5.74, 6) is 0.571. The largest absolute Gasteiger partial charge is 0.314 e. The number of nitrogens with zero attached hydrogens (tertiary/aromatic N) is 2. The molecule has 8 atom stereocenters. The zero-order chi connectivity index (χ0) is 20.9. The van der Waals surface area contributed by atoms with E-state index >= 15 is 0 Å². The van der Waals surface area contributed by atoms with E-state index in [2.05, 4.69) is 31.3 Å². The molecular formula is C20H37FN6. The Morgan fingerprint density at radius 1 is 1.04 bits per heavy atom. The van der Waals surface area contributed by atoms with Crippen molar-refractivity contribution in [2.75, 3.05) is 32.7 Å². The summed E-state index contributed by atoms with van der Waals surface area (Å²) >= 11 is 0. The Bertz CT molecular complexity index is 610. The van der Waals surface area contributed by atoms with Gasteiger partial charge < -0.3 is 10.6 Å². The third-order valence-electron chi connectivity index (χ3n) is 7.62. The van der Waals surface area contributed by atoms with Crippen LogP contribution < -0.4 is 21.4 Å². The summed E-state index contributed by atoms with van der Waals surface area (Å²) in [6, 6.07) is 0.0472. The van der Waals surface area contributed by atoms with E-state index in [4.69, 9.17) is 4.11 Å². The van der Waals surface area contributed by atoms with Gasteiger partial charge in [-0.15, -0.1) is 0 Å². The second-order valence-corrected chi connectivity index (χ2v) is 9.23. The number of hydrogen-bond donors (Lipinski definition) is 4. The van der Waals surface area contributed by atoms with Gasteiger partial charge in [-0.25, -0.2) is 9.40 Å². The van der Waals surface area contributed by atoms with Crippen molar-refractivity contribution in [2.45, 2.75) is 82.0 Å². The number of rotatable bonds is 0. The first-order chi connectivity index (χ1) is 14.4. The standard InChI is InChI=1S/C20H37FN6/c1-13-4-5-17-16(9-15(21)12-23-17)18-3-2-7-26(18)19-6-8-27-20(25-19)14(10-22-13)11-24-27/h13-20,22-25H,2-12H2,1H3/i1D3. The summed E-state index contributed by atoms with van der Waals surface area (Å²) in [7, 11) is 0. The molecule has 0 aromatic rings. The molecule has 27 heavy (non-hydrogen) atoms. The number of nitrogens with one attached hydrogen (secondary N) is 4. The normalized spacial score (nSPS) is 51.7. The molecule has 5 rings (SSSR count). The van der Waals surface area contributed by atoms with E-state index in [1.165, 1.54) is 6.42 Å². The molecule has 0 amide bonds. The molecule has 7 heteroatoms. The Labute approximate surface area is 167 Å². The highest BCUT2D eigenvalue weighted by Crippen LogP contribution is 2.36.